The molecule has 0 spiro atoms. The lowest BCUT2D eigenvalue weighted by Crippen LogP contribution is -2.38. The van der Waals surface area contributed by atoms with Crippen molar-refractivity contribution in [3.8, 4) is 11.4 Å². The van der Waals surface area contributed by atoms with Crippen LogP contribution in [0.4, 0.5) is 0 Å². The van der Waals surface area contributed by atoms with Crippen LogP contribution in [0.25, 0.3) is 11.4 Å². The van der Waals surface area contributed by atoms with Crippen molar-refractivity contribution >= 4 is 41.5 Å². The van der Waals surface area contributed by atoms with Gasteiger partial charge < -0.3 is 15.2 Å². The fraction of sp³-hybridized carbons (Fsp3) is 0.222. The second-order valence-electron chi connectivity index (χ2n) is 5.44. The van der Waals surface area contributed by atoms with Crippen molar-refractivity contribution < 1.29 is 4.52 Å². The Morgan fingerprint density at radius 3 is 2.67 bits per heavy atom. The number of rotatable bonds is 6. The third-order valence-electron chi connectivity index (χ3n) is 3.59. The van der Waals surface area contributed by atoms with Crippen molar-refractivity contribution in [2.75, 3.05) is 13.6 Å². The van der Waals surface area contributed by atoms with E-state index in [1.165, 1.54) is 0 Å². The highest BCUT2D eigenvalue weighted by molar-refractivity contribution is 14.0. The summed E-state index contributed by atoms with van der Waals surface area (Å²) >= 11 is 5.89. The predicted octanol–water partition coefficient (Wildman–Crippen LogP) is 3.31. The largest absolute Gasteiger partial charge is 0.356 e. The maximum atomic E-state index is 5.89. The van der Waals surface area contributed by atoms with E-state index in [0.29, 0.717) is 42.2 Å². The Bertz CT molecular complexity index is 854. The molecule has 2 N–H and O–H groups in total. The van der Waals surface area contributed by atoms with E-state index in [1.54, 1.807) is 25.4 Å². The van der Waals surface area contributed by atoms with Crippen molar-refractivity contribution in [3.05, 3.63) is 65.3 Å². The zero-order valence-corrected chi connectivity index (χ0v) is 17.8. The van der Waals surface area contributed by atoms with Crippen LogP contribution in [0.3, 0.4) is 0 Å². The molecule has 3 aromatic rings. The van der Waals surface area contributed by atoms with E-state index in [2.05, 4.69) is 30.8 Å². The normalized spacial score (nSPS) is 11.0. The molecular formula is C18H20ClIN6O. The molecule has 0 saturated carbocycles. The second kappa shape index (κ2) is 10.8. The standard InChI is InChI=1S/C18H19ClN6O.HI/c1-20-18(23-12-15-4-2-3-10-21-15)22-11-9-16-24-17(25-26-16)13-5-7-14(19)8-6-13;/h2-8,10H,9,11-12H2,1H3,(H2,20,22,23);1H. The van der Waals surface area contributed by atoms with Crippen LogP contribution in [0.2, 0.25) is 5.02 Å². The molecule has 0 unspecified atom stereocenters. The zero-order chi connectivity index (χ0) is 18.2. The van der Waals surface area contributed by atoms with Gasteiger partial charge in [-0.1, -0.05) is 22.8 Å². The first kappa shape index (κ1) is 21.1. The predicted molar refractivity (Wildman–Crippen MR) is 116 cm³/mol. The summed E-state index contributed by atoms with van der Waals surface area (Å²) in [6.45, 7) is 1.21. The number of nitrogens with zero attached hydrogens (tertiary/aromatic N) is 4. The lowest BCUT2D eigenvalue weighted by atomic mass is 10.2. The van der Waals surface area contributed by atoms with E-state index >= 15 is 0 Å². The highest BCUT2D eigenvalue weighted by Gasteiger charge is 2.08. The lowest BCUT2D eigenvalue weighted by Gasteiger charge is -2.10. The van der Waals surface area contributed by atoms with Crippen LogP contribution in [0.1, 0.15) is 11.6 Å². The third-order valence-corrected chi connectivity index (χ3v) is 3.84. The van der Waals surface area contributed by atoms with Crippen LogP contribution in [-0.2, 0) is 13.0 Å². The minimum atomic E-state index is 0. The van der Waals surface area contributed by atoms with Gasteiger partial charge >= 0.3 is 0 Å². The van der Waals surface area contributed by atoms with Gasteiger partial charge in [-0.25, -0.2) is 0 Å². The minimum absolute atomic E-state index is 0. The molecule has 0 radical (unpaired) electrons. The van der Waals surface area contributed by atoms with E-state index < -0.39 is 0 Å². The van der Waals surface area contributed by atoms with Gasteiger partial charge in [-0.15, -0.1) is 24.0 Å². The first-order valence-corrected chi connectivity index (χ1v) is 8.55. The molecule has 2 heterocycles. The number of nitrogens with one attached hydrogen (secondary N) is 2. The first-order chi connectivity index (χ1) is 12.7. The van der Waals surface area contributed by atoms with Crippen molar-refractivity contribution in [3.63, 3.8) is 0 Å². The molecule has 3 rings (SSSR count). The molecule has 7 nitrogen and oxygen atoms in total. The van der Waals surface area contributed by atoms with Crippen LogP contribution in [0.15, 0.2) is 58.2 Å². The van der Waals surface area contributed by atoms with Crippen LogP contribution < -0.4 is 10.6 Å². The van der Waals surface area contributed by atoms with Crippen molar-refractivity contribution in [2.24, 2.45) is 4.99 Å². The maximum absolute atomic E-state index is 5.89. The minimum Gasteiger partial charge on any atom is -0.356 e. The average molecular weight is 499 g/mol. The van der Waals surface area contributed by atoms with E-state index in [-0.39, 0.29) is 24.0 Å². The number of hydrogen-bond donors (Lipinski definition) is 2. The Morgan fingerprint density at radius 2 is 1.96 bits per heavy atom. The van der Waals surface area contributed by atoms with Crippen molar-refractivity contribution in [1.82, 2.24) is 25.8 Å². The highest BCUT2D eigenvalue weighted by Crippen LogP contribution is 2.18. The number of pyridine rings is 1. The Morgan fingerprint density at radius 1 is 1.15 bits per heavy atom. The molecule has 142 valence electrons. The van der Waals surface area contributed by atoms with E-state index in [0.717, 1.165) is 11.3 Å². The molecule has 0 atom stereocenters. The molecule has 0 saturated heterocycles. The second-order valence-corrected chi connectivity index (χ2v) is 5.88. The fourth-order valence-electron chi connectivity index (χ4n) is 2.26. The van der Waals surface area contributed by atoms with Crippen LogP contribution in [0.5, 0.6) is 0 Å². The van der Waals surface area contributed by atoms with E-state index in [4.69, 9.17) is 16.1 Å². The van der Waals surface area contributed by atoms with Gasteiger partial charge in [-0.3, -0.25) is 9.98 Å². The number of halogens is 2. The molecule has 27 heavy (non-hydrogen) atoms. The number of hydrogen-bond acceptors (Lipinski definition) is 5. The van der Waals surface area contributed by atoms with Crippen LogP contribution >= 0.6 is 35.6 Å². The summed E-state index contributed by atoms with van der Waals surface area (Å²) in [4.78, 5) is 12.8. The Hall–Kier alpha value is -2.20. The average Bonchev–Trinajstić information content (AvgIpc) is 3.15. The van der Waals surface area contributed by atoms with E-state index in [1.807, 2.05) is 30.3 Å². The van der Waals surface area contributed by atoms with Gasteiger partial charge in [0.2, 0.25) is 11.7 Å². The maximum Gasteiger partial charge on any atom is 0.228 e. The van der Waals surface area contributed by atoms with Crippen LogP contribution in [0, 0.1) is 0 Å². The lowest BCUT2D eigenvalue weighted by molar-refractivity contribution is 0.378. The van der Waals surface area contributed by atoms with Gasteiger partial charge in [0.05, 0.1) is 12.2 Å². The smallest absolute Gasteiger partial charge is 0.228 e. The summed E-state index contributed by atoms with van der Waals surface area (Å²) in [6.07, 6.45) is 2.35. The zero-order valence-electron chi connectivity index (χ0n) is 14.7. The summed E-state index contributed by atoms with van der Waals surface area (Å²) in [5.41, 5.74) is 1.81. The van der Waals surface area contributed by atoms with E-state index in [9.17, 15) is 0 Å². The number of guanidine groups is 1. The molecule has 0 fully saturated rings. The molecular weight excluding hydrogens is 479 g/mol. The van der Waals surface area contributed by atoms with Crippen molar-refractivity contribution in [1.29, 1.82) is 0 Å². The number of aromatic nitrogens is 3. The van der Waals surface area contributed by atoms with Gasteiger partial charge in [0.15, 0.2) is 5.96 Å². The summed E-state index contributed by atoms with van der Waals surface area (Å²) in [7, 11) is 1.72. The van der Waals surface area contributed by atoms with Gasteiger partial charge in [-0.2, -0.15) is 4.98 Å². The van der Waals surface area contributed by atoms with Crippen LogP contribution in [-0.4, -0.2) is 34.7 Å². The van der Waals surface area contributed by atoms with Gasteiger partial charge in [-0.05, 0) is 36.4 Å². The fourth-order valence-corrected chi connectivity index (χ4v) is 2.38. The summed E-state index contributed by atoms with van der Waals surface area (Å²) in [5.74, 6) is 1.80. The molecule has 0 bridgehead atoms. The van der Waals surface area contributed by atoms with Gasteiger partial charge in [0.1, 0.15) is 0 Å². The molecule has 0 aliphatic carbocycles. The van der Waals surface area contributed by atoms with Gasteiger partial charge in [0, 0.05) is 36.8 Å². The molecule has 0 aliphatic rings. The highest BCUT2D eigenvalue weighted by atomic mass is 127. The Kier molecular flexibility index (Phi) is 8.46. The first-order valence-electron chi connectivity index (χ1n) is 8.17. The SMILES string of the molecule is CN=C(NCCc1nc(-c2ccc(Cl)cc2)no1)NCc1ccccn1.I. The number of benzene rings is 1. The Balaban J connectivity index is 0.00000261. The molecule has 1 aromatic carbocycles. The number of aliphatic imine (C=N–C) groups is 1. The molecule has 0 amide bonds. The summed E-state index contributed by atoms with van der Waals surface area (Å²) in [6, 6.07) is 13.1. The molecule has 9 heteroatoms. The monoisotopic (exact) mass is 498 g/mol. The van der Waals surface area contributed by atoms with Crippen molar-refractivity contribution in [2.45, 2.75) is 13.0 Å². The quantitative estimate of drug-likeness (QED) is 0.308. The summed E-state index contributed by atoms with van der Waals surface area (Å²) < 4.78 is 5.29. The topological polar surface area (TPSA) is 88.2 Å². The van der Waals surface area contributed by atoms with Gasteiger partial charge in [0.25, 0.3) is 0 Å². The molecule has 2 aromatic heterocycles. The Labute approximate surface area is 179 Å². The molecule has 0 aliphatic heterocycles. The third kappa shape index (κ3) is 6.47. The summed E-state index contributed by atoms with van der Waals surface area (Å²) in [5, 5.41) is 11.1.